The van der Waals surface area contributed by atoms with Gasteiger partial charge < -0.3 is 4.74 Å². The van der Waals surface area contributed by atoms with Crippen LogP contribution in [0.25, 0.3) is 0 Å². The lowest BCUT2D eigenvalue weighted by molar-refractivity contribution is -0.152. The van der Waals surface area contributed by atoms with Gasteiger partial charge in [0.05, 0.1) is 5.92 Å². The number of alkyl halides is 1. The first kappa shape index (κ1) is 6.74. The first-order valence-corrected chi connectivity index (χ1v) is 3.44. The average Bonchev–Trinajstić information content (AvgIpc) is 1.98. The second kappa shape index (κ2) is 2.10. The third-order valence-electron chi connectivity index (χ3n) is 1.24. The summed E-state index contributed by atoms with van der Waals surface area (Å²) in [5, 5.41) is 0. The Labute approximate surface area is 60.5 Å². The van der Waals surface area contributed by atoms with E-state index in [0.717, 1.165) is 0 Å². The molecule has 0 bridgehead atoms. The van der Waals surface area contributed by atoms with E-state index in [9.17, 15) is 9.59 Å². The monoisotopic (exact) mass is 192 g/mol. The van der Waals surface area contributed by atoms with Crippen molar-refractivity contribution >= 4 is 27.9 Å². The number of halogens is 1. The highest BCUT2D eigenvalue weighted by Gasteiger charge is 2.39. The van der Waals surface area contributed by atoms with Gasteiger partial charge in [-0.05, 0) is 0 Å². The molecule has 0 saturated carbocycles. The minimum absolute atomic E-state index is 0.336. The number of cyclic esters (lactones) is 2. The lowest BCUT2D eigenvalue weighted by Crippen LogP contribution is -2.12. The van der Waals surface area contributed by atoms with E-state index < -0.39 is 16.8 Å². The van der Waals surface area contributed by atoms with Gasteiger partial charge in [-0.1, -0.05) is 22.9 Å². The molecule has 1 rings (SSSR count). The molecule has 4 heteroatoms. The Morgan fingerprint density at radius 1 is 1.44 bits per heavy atom. The van der Waals surface area contributed by atoms with Crippen LogP contribution >= 0.6 is 15.9 Å². The number of esters is 2. The zero-order chi connectivity index (χ0) is 7.02. The summed E-state index contributed by atoms with van der Waals surface area (Å²) in [6.07, 6.45) is 0. The Morgan fingerprint density at radius 2 is 2.00 bits per heavy atom. The Morgan fingerprint density at radius 3 is 2.11 bits per heavy atom. The van der Waals surface area contributed by atoms with Gasteiger partial charge >= 0.3 is 11.9 Å². The van der Waals surface area contributed by atoms with Crippen LogP contribution in [0.1, 0.15) is 6.92 Å². The maximum Gasteiger partial charge on any atom is 0.328 e. The Hall–Kier alpha value is -0.380. The normalized spacial score (nSPS) is 34.9. The lowest BCUT2D eigenvalue weighted by atomic mass is 10.1. The molecule has 50 valence electrons. The zero-order valence-electron chi connectivity index (χ0n) is 4.76. The minimum atomic E-state index is -0.479. The van der Waals surface area contributed by atoms with E-state index in [1.54, 1.807) is 6.92 Å². The summed E-state index contributed by atoms with van der Waals surface area (Å²) in [5.74, 6) is -1.26. The maximum absolute atomic E-state index is 10.5. The number of hydrogen-bond acceptors (Lipinski definition) is 3. The molecular formula is C5H5BrO3. The number of carbonyl (C=O) groups excluding carboxylic acids is 2. The van der Waals surface area contributed by atoms with E-state index in [0.29, 0.717) is 0 Å². The maximum atomic E-state index is 10.5. The highest BCUT2D eigenvalue weighted by molar-refractivity contribution is 9.10. The topological polar surface area (TPSA) is 43.4 Å². The van der Waals surface area contributed by atoms with E-state index in [-0.39, 0.29) is 5.92 Å². The molecule has 2 atom stereocenters. The van der Waals surface area contributed by atoms with Crippen LogP contribution in [0, 0.1) is 5.92 Å². The minimum Gasteiger partial charge on any atom is -0.392 e. The van der Waals surface area contributed by atoms with E-state index >= 15 is 0 Å². The second-order valence-electron chi connectivity index (χ2n) is 1.93. The molecule has 1 heterocycles. The summed E-state index contributed by atoms with van der Waals surface area (Å²) in [6, 6.07) is 0. The average molecular weight is 193 g/mol. The number of rotatable bonds is 0. The van der Waals surface area contributed by atoms with Gasteiger partial charge in [-0.15, -0.1) is 0 Å². The fourth-order valence-electron chi connectivity index (χ4n) is 0.572. The van der Waals surface area contributed by atoms with Gasteiger partial charge in [0.2, 0.25) is 0 Å². The van der Waals surface area contributed by atoms with Crippen molar-refractivity contribution in [3.8, 4) is 0 Å². The van der Waals surface area contributed by atoms with Gasteiger partial charge in [0, 0.05) is 0 Å². The summed E-state index contributed by atoms with van der Waals surface area (Å²) in [7, 11) is 0. The largest absolute Gasteiger partial charge is 0.392 e. The van der Waals surface area contributed by atoms with Crippen molar-refractivity contribution < 1.29 is 14.3 Å². The number of carbonyl (C=O) groups is 2. The Bertz CT molecular complexity index is 148. The predicted molar refractivity (Wildman–Crippen MR) is 33.0 cm³/mol. The molecule has 0 radical (unpaired) electrons. The van der Waals surface area contributed by atoms with E-state index in [1.807, 2.05) is 0 Å². The molecule has 9 heavy (non-hydrogen) atoms. The summed E-state index contributed by atoms with van der Waals surface area (Å²) < 4.78 is 4.26. The van der Waals surface area contributed by atoms with Crippen LogP contribution in [0.5, 0.6) is 0 Å². The van der Waals surface area contributed by atoms with E-state index in [2.05, 4.69) is 20.7 Å². The van der Waals surface area contributed by atoms with Crippen molar-refractivity contribution in [2.45, 2.75) is 11.8 Å². The van der Waals surface area contributed by atoms with Crippen molar-refractivity contribution in [3.63, 3.8) is 0 Å². The van der Waals surface area contributed by atoms with Gasteiger partial charge in [-0.25, -0.2) is 0 Å². The van der Waals surface area contributed by atoms with Crippen molar-refractivity contribution in [3.05, 3.63) is 0 Å². The molecule has 3 nitrogen and oxygen atoms in total. The fraction of sp³-hybridized carbons (Fsp3) is 0.600. The van der Waals surface area contributed by atoms with Gasteiger partial charge in [0.15, 0.2) is 0 Å². The van der Waals surface area contributed by atoms with Crippen LogP contribution < -0.4 is 0 Å². The van der Waals surface area contributed by atoms with Crippen LogP contribution in [0.2, 0.25) is 0 Å². The summed E-state index contributed by atoms with van der Waals surface area (Å²) in [6.45, 7) is 1.65. The first-order chi connectivity index (χ1) is 4.13. The summed E-state index contributed by atoms with van der Waals surface area (Å²) in [4.78, 5) is 20.6. The molecule has 0 spiro atoms. The first-order valence-electron chi connectivity index (χ1n) is 2.52. The van der Waals surface area contributed by atoms with Gasteiger partial charge in [0.1, 0.15) is 4.83 Å². The quantitative estimate of drug-likeness (QED) is 0.319. The molecule has 0 aromatic carbocycles. The van der Waals surface area contributed by atoms with Crippen LogP contribution in [-0.4, -0.2) is 16.8 Å². The third kappa shape index (κ3) is 0.986. The summed E-state index contributed by atoms with van der Waals surface area (Å²) >= 11 is 3.01. The van der Waals surface area contributed by atoms with Crippen molar-refractivity contribution in [1.82, 2.24) is 0 Å². The molecule has 1 fully saturated rings. The van der Waals surface area contributed by atoms with Crippen LogP contribution in [0.3, 0.4) is 0 Å². The van der Waals surface area contributed by atoms with E-state index in [4.69, 9.17) is 0 Å². The molecule has 0 aliphatic carbocycles. The van der Waals surface area contributed by atoms with Crippen molar-refractivity contribution in [2.24, 2.45) is 5.92 Å². The predicted octanol–water partition coefficient (Wildman–Crippen LogP) is 0.469. The van der Waals surface area contributed by atoms with Gasteiger partial charge in [-0.2, -0.15) is 0 Å². The molecule has 1 saturated heterocycles. The van der Waals surface area contributed by atoms with Crippen LogP contribution in [0.4, 0.5) is 0 Å². The highest BCUT2D eigenvalue weighted by Crippen LogP contribution is 2.22. The van der Waals surface area contributed by atoms with Crippen molar-refractivity contribution in [1.29, 1.82) is 0 Å². The smallest absolute Gasteiger partial charge is 0.328 e. The number of ether oxygens (including phenoxy) is 1. The SMILES string of the molecule is CC1C(=O)OC(=O)C1Br. The van der Waals surface area contributed by atoms with Gasteiger partial charge in [-0.3, -0.25) is 9.59 Å². The van der Waals surface area contributed by atoms with Crippen LogP contribution in [0.15, 0.2) is 0 Å². The Balaban J connectivity index is 2.77. The van der Waals surface area contributed by atoms with Crippen molar-refractivity contribution in [2.75, 3.05) is 0 Å². The number of hydrogen-bond donors (Lipinski definition) is 0. The lowest BCUT2D eigenvalue weighted by Gasteiger charge is -1.94. The molecular weight excluding hydrogens is 188 g/mol. The zero-order valence-corrected chi connectivity index (χ0v) is 6.34. The molecule has 2 unspecified atom stereocenters. The third-order valence-corrected chi connectivity index (χ3v) is 2.40. The highest BCUT2D eigenvalue weighted by atomic mass is 79.9. The van der Waals surface area contributed by atoms with Gasteiger partial charge in [0.25, 0.3) is 0 Å². The van der Waals surface area contributed by atoms with Crippen LogP contribution in [-0.2, 0) is 14.3 Å². The molecule has 0 amide bonds. The van der Waals surface area contributed by atoms with E-state index in [1.165, 1.54) is 0 Å². The molecule has 1 aliphatic heterocycles. The Kier molecular flexibility index (Phi) is 1.57. The second-order valence-corrected chi connectivity index (χ2v) is 2.92. The molecule has 1 aliphatic rings. The molecule has 0 N–H and O–H groups in total. The molecule has 0 aromatic heterocycles. The standard InChI is InChI=1S/C5H5BrO3/c1-2-3(6)5(8)9-4(2)7/h2-3H,1H3. The fourth-order valence-corrected chi connectivity index (χ4v) is 0.881. The summed E-state index contributed by atoms with van der Waals surface area (Å²) in [5.41, 5.74) is 0. The molecule has 0 aromatic rings.